The average molecular weight is 267 g/mol. The summed E-state index contributed by atoms with van der Waals surface area (Å²) in [6, 6.07) is 0. The number of H-pyrrole nitrogens is 1. The minimum absolute atomic E-state index is 0.187. The van der Waals surface area contributed by atoms with Crippen molar-refractivity contribution < 1.29 is 5.11 Å². The van der Waals surface area contributed by atoms with Crippen molar-refractivity contribution in [1.29, 1.82) is 0 Å². The first-order chi connectivity index (χ1) is 8.74. The Morgan fingerprint density at radius 1 is 1.50 bits per heavy atom. The van der Waals surface area contributed by atoms with Crippen molar-refractivity contribution in [3.8, 4) is 0 Å². The molecule has 2 heterocycles. The summed E-state index contributed by atoms with van der Waals surface area (Å²) < 4.78 is 0. The van der Waals surface area contributed by atoms with E-state index in [2.05, 4.69) is 25.5 Å². The van der Waals surface area contributed by atoms with E-state index in [0.717, 1.165) is 28.4 Å². The van der Waals surface area contributed by atoms with Gasteiger partial charge in [-0.15, -0.1) is 11.8 Å². The van der Waals surface area contributed by atoms with Crippen molar-refractivity contribution in [2.24, 2.45) is 5.92 Å². The van der Waals surface area contributed by atoms with Gasteiger partial charge in [0, 0.05) is 18.9 Å². The summed E-state index contributed by atoms with van der Waals surface area (Å²) in [6.45, 7) is 4.97. The standard InChI is InChI=1S/C11H17N5OS/c1-3-12-11-14-9-8(4-13-16-9)10(15-11)18-6-7(2)5-17/h4,7,17H,3,5-6H2,1-2H3,(H2,12,13,14,15,16). The number of anilines is 1. The minimum Gasteiger partial charge on any atom is -0.396 e. The Morgan fingerprint density at radius 2 is 2.33 bits per heavy atom. The maximum atomic E-state index is 9.05. The first kappa shape index (κ1) is 13.1. The van der Waals surface area contributed by atoms with Gasteiger partial charge in [-0.1, -0.05) is 6.92 Å². The highest BCUT2D eigenvalue weighted by Crippen LogP contribution is 2.26. The number of hydrogen-bond acceptors (Lipinski definition) is 6. The summed E-state index contributed by atoms with van der Waals surface area (Å²) in [5, 5.41) is 20.8. The smallest absolute Gasteiger partial charge is 0.225 e. The van der Waals surface area contributed by atoms with Gasteiger partial charge in [-0.05, 0) is 12.8 Å². The van der Waals surface area contributed by atoms with Gasteiger partial charge in [-0.25, -0.2) is 4.98 Å². The highest BCUT2D eigenvalue weighted by Gasteiger charge is 2.11. The third-order valence-electron chi connectivity index (χ3n) is 2.43. The summed E-state index contributed by atoms with van der Waals surface area (Å²) in [6.07, 6.45) is 1.73. The van der Waals surface area contributed by atoms with Crippen LogP contribution in [0.3, 0.4) is 0 Å². The monoisotopic (exact) mass is 267 g/mol. The van der Waals surface area contributed by atoms with Crippen LogP contribution in [-0.2, 0) is 0 Å². The Hall–Kier alpha value is -1.34. The van der Waals surface area contributed by atoms with E-state index in [1.165, 1.54) is 0 Å². The molecule has 0 radical (unpaired) electrons. The quantitative estimate of drug-likeness (QED) is 0.543. The first-order valence-electron chi connectivity index (χ1n) is 5.93. The lowest BCUT2D eigenvalue weighted by Crippen LogP contribution is -2.05. The van der Waals surface area contributed by atoms with E-state index in [0.29, 0.717) is 5.95 Å². The van der Waals surface area contributed by atoms with Crippen molar-refractivity contribution in [2.45, 2.75) is 18.9 Å². The lowest BCUT2D eigenvalue weighted by Gasteiger charge is -2.08. The molecule has 1 unspecified atom stereocenters. The molecule has 3 N–H and O–H groups in total. The third-order valence-corrected chi connectivity index (χ3v) is 3.75. The third kappa shape index (κ3) is 2.91. The molecule has 0 bridgehead atoms. The van der Waals surface area contributed by atoms with Gasteiger partial charge >= 0.3 is 0 Å². The molecule has 1 atom stereocenters. The van der Waals surface area contributed by atoms with Crippen LogP contribution in [0.5, 0.6) is 0 Å². The zero-order valence-corrected chi connectivity index (χ0v) is 11.3. The lowest BCUT2D eigenvalue weighted by atomic mass is 10.2. The normalized spacial score (nSPS) is 12.8. The predicted molar refractivity (Wildman–Crippen MR) is 72.8 cm³/mol. The van der Waals surface area contributed by atoms with Crippen LogP contribution < -0.4 is 5.32 Å². The Kier molecular flexibility index (Phi) is 4.38. The van der Waals surface area contributed by atoms with Gasteiger partial charge in [-0.2, -0.15) is 10.1 Å². The zero-order valence-electron chi connectivity index (χ0n) is 10.5. The molecule has 2 rings (SSSR count). The molecule has 0 amide bonds. The molecule has 18 heavy (non-hydrogen) atoms. The van der Waals surface area contributed by atoms with E-state index >= 15 is 0 Å². The van der Waals surface area contributed by atoms with Gasteiger partial charge < -0.3 is 10.4 Å². The van der Waals surface area contributed by atoms with Gasteiger partial charge in [0.15, 0.2) is 5.65 Å². The second-order valence-corrected chi connectivity index (χ2v) is 5.12. The van der Waals surface area contributed by atoms with Crippen molar-refractivity contribution in [3.63, 3.8) is 0 Å². The number of thioether (sulfide) groups is 1. The number of aliphatic hydroxyl groups is 1. The summed E-state index contributed by atoms with van der Waals surface area (Å²) >= 11 is 1.62. The number of hydrogen-bond donors (Lipinski definition) is 3. The van der Waals surface area contributed by atoms with Gasteiger partial charge in [-0.3, -0.25) is 5.10 Å². The van der Waals surface area contributed by atoms with E-state index in [1.54, 1.807) is 18.0 Å². The van der Waals surface area contributed by atoms with Crippen LogP contribution in [0.25, 0.3) is 11.0 Å². The molecule has 0 fully saturated rings. The number of aliphatic hydroxyl groups excluding tert-OH is 1. The number of aromatic amines is 1. The van der Waals surface area contributed by atoms with E-state index in [1.807, 2.05) is 13.8 Å². The molecule has 0 aliphatic rings. The van der Waals surface area contributed by atoms with E-state index in [4.69, 9.17) is 5.11 Å². The Balaban J connectivity index is 2.25. The molecule has 98 valence electrons. The van der Waals surface area contributed by atoms with E-state index in [-0.39, 0.29) is 12.5 Å². The first-order valence-corrected chi connectivity index (χ1v) is 6.91. The maximum Gasteiger partial charge on any atom is 0.225 e. The maximum absolute atomic E-state index is 9.05. The van der Waals surface area contributed by atoms with E-state index < -0.39 is 0 Å². The summed E-state index contributed by atoms with van der Waals surface area (Å²) in [5.41, 5.74) is 0.736. The largest absolute Gasteiger partial charge is 0.396 e. The van der Waals surface area contributed by atoms with Crippen LogP contribution in [0.1, 0.15) is 13.8 Å². The minimum atomic E-state index is 0.187. The van der Waals surface area contributed by atoms with Crippen molar-refractivity contribution in [3.05, 3.63) is 6.20 Å². The molecule has 0 saturated carbocycles. The fourth-order valence-corrected chi connectivity index (χ4v) is 2.43. The molecular formula is C11H17N5OS. The fourth-order valence-electron chi connectivity index (χ4n) is 1.43. The highest BCUT2D eigenvalue weighted by atomic mass is 32.2. The summed E-state index contributed by atoms with van der Waals surface area (Å²) in [4.78, 5) is 8.80. The van der Waals surface area contributed by atoms with Crippen LogP contribution in [0.4, 0.5) is 5.95 Å². The van der Waals surface area contributed by atoms with Gasteiger partial charge in [0.05, 0.1) is 11.6 Å². The molecule has 7 heteroatoms. The number of fused-ring (bicyclic) bond motifs is 1. The molecule has 6 nitrogen and oxygen atoms in total. The van der Waals surface area contributed by atoms with Crippen molar-refractivity contribution in [1.82, 2.24) is 20.2 Å². The van der Waals surface area contributed by atoms with Crippen LogP contribution in [0.2, 0.25) is 0 Å². The van der Waals surface area contributed by atoms with Crippen molar-refractivity contribution >= 4 is 28.7 Å². The zero-order chi connectivity index (χ0) is 13.0. The van der Waals surface area contributed by atoms with Crippen LogP contribution in [0.15, 0.2) is 11.2 Å². The van der Waals surface area contributed by atoms with Gasteiger partial charge in [0.25, 0.3) is 0 Å². The average Bonchev–Trinajstić information content (AvgIpc) is 2.84. The summed E-state index contributed by atoms with van der Waals surface area (Å²) in [7, 11) is 0. The molecule has 0 aromatic carbocycles. The van der Waals surface area contributed by atoms with Crippen LogP contribution >= 0.6 is 11.8 Å². The van der Waals surface area contributed by atoms with Crippen molar-refractivity contribution in [2.75, 3.05) is 24.2 Å². The molecule has 2 aromatic rings. The number of aromatic nitrogens is 4. The second kappa shape index (κ2) is 6.01. The SMILES string of the molecule is CCNc1nc(SCC(C)CO)c2cn[nH]c2n1. The van der Waals surface area contributed by atoms with Gasteiger partial charge in [0.2, 0.25) is 5.95 Å². The second-order valence-electron chi connectivity index (χ2n) is 4.11. The van der Waals surface area contributed by atoms with Crippen LogP contribution in [0, 0.1) is 5.92 Å². The lowest BCUT2D eigenvalue weighted by molar-refractivity contribution is 0.250. The fraction of sp³-hybridized carbons (Fsp3) is 0.545. The molecule has 2 aromatic heterocycles. The summed E-state index contributed by atoms with van der Waals surface area (Å²) in [5.74, 6) is 1.67. The molecule has 0 aliphatic carbocycles. The number of nitrogens with zero attached hydrogens (tertiary/aromatic N) is 3. The highest BCUT2D eigenvalue weighted by molar-refractivity contribution is 7.99. The molecular weight excluding hydrogens is 250 g/mol. The topological polar surface area (TPSA) is 86.7 Å². The van der Waals surface area contributed by atoms with Gasteiger partial charge in [0.1, 0.15) is 5.03 Å². The van der Waals surface area contributed by atoms with E-state index in [9.17, 15) is 0 Å². The number of nitrogens with one attached hydrogen (secondary N) is 2. The number of rotatable bonds is 6. The molecule has 0 aliphatic heterocycles. The Morgan fingerprint density at radius 3 is 3.06 bits per heavy atom. The van der Waals surface area contributed by atoms with Crippen LogP contribution in [-0.4, -0.2) is 44.2 Å². The Bertz CT molecular complexity index is 515. The molecule has 0 spiro atoms. The Labute approximate surface area is 110 Å². The predicted octanol–water partition coefficient (Wildman–Crippen LogP) is 1.51. The molecule has 0 saturated heterocycles.